The van der Waals surface area contributed by atoms with E-state index in [0.29, 0.717) is 17.9 Å². The maximum absolute atomic E-state index is 13.3. The van der Waals surface area contributed by atoms with Gasteiger partial charge < -0.3 is 0 Å². The Morgan fingerprint density at radius 1 is 1.10 bits per heavy atom. The third kappa shape index (κ3) is 2.75. The summed E-state index contributed by atoms with van der Waals surface area (Å²) in [7, 11) is 0. The van der Waals surface area contributed by atoms with Crippen molar-refractivity contribution in [1.82, 2.24) is 20.2 Å². The van der Waals surface area contributed by atoms with E-state index in [2.05, 4.69) is 31.3 Å². The fourth-order valence-corrected chi connectivity index (χ4v) is 2.26. The molecule has 0 spiro atoms. The van der Waals surface area contributed by atoms with Gasteiger partial charge in [0.15, 0.2) is 0 Å². The molecule has 0 radical (unpaired) electrons. The van der Waals surface area contributed by atoms with Crippen LogP contribution in [0, 0.1) is 5.82 Å². The van der Waals surface area contributed by atoms with Crippen molar-refractivity contribution in [2.75, 3.05) is 0 Å². The second-order valence-electron chi connectivity index (χ2n) is 4.25. The van der Waals surface area contributed by atoms with Gasteiger partial charge in [-0.3, -0.25) is 0 Å². The summed E-state index contributed by atoms with van der Waals surface area (Å²) in [5.74, 6) is 0.0647. The van der Waals surface area contributed by atoms with Gasteiger partial charge >= 0.3 is 0 Å². The molecule has 0 aliphatic heterocycles. The van der Waals surface area contributed by atoms with Gasteiger partial charge in [-0.25, -0.2) is 4.39 Å². The Balaban J connectivity index is 1.88. The predicted molar refractivity (Wildman–Crippen MR) is 76.5 cm³/mol. The van der Waals surface area contributed by atoms with Gasteiger partial charge in [0.25, 0.3) is 0 Å². The number of benzene rings is 2. The second-order valence-corrected chi connectivity index (χ2v) is 5.11. The fourth-order valence-electron chi connectivity index (χ4n) is 1.83. The normalized spacial score (nSPS) is 10.7. The van der Waals surface area contributed by atoms with Crippen molar-refractivity contribution in [2.24, 2.45) is 0 Å². The molecule has 0 saturated heterocycles. The molecule has 0 atom stereocenters. The Hall–Kier alpha value is -2.08. The predicted octanol–water partition coefficient (Wildman–Crippen LogP) is 3.29. The van der Waals surface area contributed by atoms with E-state index in [1.165, 1.54) is 16.9 Å². The van der Waals surface area contributed by atoms with E-state index in [1.807, 2.05) is 30.3 Å². The highest BCUT2D eigenvalue weighted by Crippen LogP contribution is 2.25. The van der Waals surface area contributed by atoms with E-state index >= 15 is 0 Å². The van der Waals surface area contributed by atoms with Crippen LogP contribution >= 0.6 is 15.9 Å². The van der Waals surface area contributed by atoms with Crippen LogP contribution in [0.15, 0.2) is 53.0 Å². The minimum Gasteiger partial charge on any atom is -0.207 e. The van der Waals surface area contributed by atoms with Crippen molar-refractivity contribution >= 4 is 15.9 Å². The lowest BCUT2D eigenvalue weighted by Crippen LogP contribution is -2.03. The standard InChI is InChI=1S/C14H10BrFN4/c15-13-7-6-11(16)8-12(13)14-17-19-20(18-14)9-10-4-2-1-3-5-10/h1-8H,9H2. The molecule has 1 aromatic heterocycles. The molecule has 0 saturated carbocycles. The third-order valence-electron chi connectivity index (χ3n) is 2.79. The van der Waals surface area contributed by atoms with Gasteiger partial charge in [0.2, 0.25) is 5.82 Å². The third-order valence-corrected chi connectivity index (χ3v) is 3.48. The Labute approximate surface area is 123 Å². The molecule has 0 unspecified atom stereocenters. The van der Waals surface area contributed by atoms with Crippen LogP contribution in [0.25, 0.3) is 11.4 Å². The van der Waals surface area contributed by atoms with Crippen LogP contribution in [-0.4, -0.2) is 20.2 Å². The summed E-state index contributed by atoms with van der Waals surface area (Å²) in [6.07, 6.45) is 0. The molecular weight excluding hydrogens is 323 g/mol. The molecule has 6 heteroatoms. The first kappa shape index (κ1) is 12.9. The molecule has 0 bridgehead atoms. The molecule has 3 rings (SSSR count). The van der Waals surface area contributed by atoms with Crippen molar-refractivity contribution < 1.29 is 4.39 Å². The van der Waals surface area contributed by atoms with E-state index in [1.54, 1.807) is 6.07 Å². The SMILES string of the molecule is Fc1ccc(Br)c(-c2nnn(Cc3ccccc3)n2)c1. The van der Waals surface area contributed by atoms with Crippen molar-refractivity contribution in [2.45, 2.75) is 6.54 Å². The number of nitrogens with zero attached hydrogens (tertiary/aromatic N) is 4. The molecule has 1 heterocycles. The largest absolute Gasteiger partial charge is 0.207 e. The highest BCUT2D eigenvalue weighted by atomic mass is 79.9. The molecule has 0 aliphatic carbocycles. The minimum absolute atomic E-state index is 0.331. The number of hydrogen-bond donors (Lipinski definition) is 0. The van der Waals surface area contributed by atoms with Crippen LogP contribution in [0.5, 0.6) is 0 Å². The molecule has 3 aromatic rings. The summed E-state index contributed by atoms with van der Waals surface area (Å²) in [6.45, 7) is 0.529. The topological polar surface area (TPSA) is 43.6 Å². The first-order chi connectivity index (χ1) is 9.72. The first-order valence-electron chi connectivity index (χ1n) is 5.99. The van der Waals surface area contributed by atoms with Gasteiger partial charge in [-0.2, -0.15) is 4.80 Å². The number of hydrogen-bond acceptors (Lipinski definition) is 3. The maximum atomic E-state index is 13.3. The van der Waals surface area contributed by atoms with Gasteiger partial charge in [0.05, 0.1) is 6.54 Å². The highest BCUT2D eigenvalue weighted by Gasteiger charge is 2.11. The van der Waals surface area contributed by atoms with Crippen LogP contribution in [0.1, 0.15) is 5.56 Å². The van der Waals surface area contributed by atoms with Crippen molar-refractivity contribution in [1.29, 1.82) is 0 Å². The number of rotatable bonds is 3. The van der Waals surface area contributed by atoms with Crippen LogP contribution in [-0.2, 0) is 6.54 Å². The molecule has 20 heavy (non-hydrogen) atoms. The van der Waals surface area contributed by atoms with Crippen LogP contribution < -0.4 is 0 Å². The summed E-state index contributed by atoms with van der Waals surface area (Å²) >= 11 is 3.36. The summed E-state index contributed by atoms with van der Waals surface area (Å²) in [4.78, 5) is 1.49. The Bertz CT molecular complexity index is 727. The second kappa shape index (κ2) is 5.50. The first-order valence-corrected chi connectivity index (χ1v) is 6.79. The Kier molecular flexibility index (Phi) is 3.56. The average molecular weight is 333 g/mol. The number of aromatic nitrogens is 4. The molecule has 0 N–H and O–H groups in total. The molecular formula is C14H10BrFN4. The minimum atomic E-state index is -0.331. The summed E-state index contributed by atoms with van der Waals surface area (Å²) < 4.78 is 14.0. The maximum Gasteiger partial charge on any atom is 0.206 e. The van der Waals surface area contributed by atoms with E-state index < -0.39 is 0 Å². The van der Waals surface area contributed by atoms with Gasteiger partial charge in [0, 0.05) is 10.0 Å². The highest BCUT2D eigenvalue weighted by molar-refractivity contribution is 9.10. The zero-order chi connectivity index (χ0) is 13.9. The average Bonchev–Trinajstić information content (AvgIpc) is 2.91. The van der Waals surface area contributed by atoms with Crippen LogP contribution in [0.4, 0.5) is 4.39 Å². The zero-order valence-corrected chi connectivity index (χ0v) is 12.0. The van der Waals surface area contributed by atoms with Crippen LogP contribution in [0.2, 0.25) is 0 Å². The lowest BCUT2D eigenvalue weighted by molar-refractivity contribution is 0.573. The fraction of sp³-hybridized carbons (Fsp3) is 0.0714. The lowest BCUT2D eigenvalue weighted by atomic mass is 10.2. The van der Waals surface area contributed by atoms with Crippen LogP contribution in [0.3, 0.4) is 0 Å². The molecule has 0 fully saturated rings. The van der Waals surface area contributed by atoms with Gasteiger partial charge in [-0.05, 0) is 29.0 Å². The van der Waals surface area contributed by atoms with Crippen molar-refractivity contribution in [3.63, 3.8) is 0 Å². The smallest absolute Gasteiger partial charge is 0.206 e. The molecule has 100 valence electrons. The van der Waals surface area contributed by atoms with Gasteiger partial charge in [-0.15, -0.1) is 10.2 Å². The zero-order valence-electron chi connectivity index (χ0n) is 10.4. The molecule has 0 aliphatic rings. The summed E-state index contributed by atoms with van der Waals surface area (Å²) in [5, 5.41) is 12.2. The van der Waals surface area contributed by atoms with Crippen molar-refractivity contribution in [3.8, 4) is 11.4 Å². The lowest BCUT2D eigenvalue weighted by Gasteiger charge is -2.00. The monoisotopic (exact) mass is 332 g/mol. The number of tetrazole rings is 1. The van der Waals surface area contributed by atoms with E-state index in [-0.39, 0.29) is 5.82 Å². The number of halogens is 2. The van der Waals surface area contributed by atoms with E-state index in [4.69, 9.17) is 0 Å². The van der Waals surface area contributed by atoms with Crippen molar-refractivity contribution in [3.05, 3.63) is 64.4 Å². The summed E-state index contributed by atoms with van der Waals surface area (Å²) in [5.41, 5.74) is 1.67. The van der Waals surface area contributed by atoms with E-state index in [0.717, 1.165) is 10.0 Å². The Morgan fingerprint density at radius 2 is 1.90 bits per heavy atom. The quantitative estimate of drug-likeness (QED) is 0.739. The summed E-state index contributed by atoms with van der Waals surface area (Å²) in [6, 6.07) is 14.2. The van der Waals surface area contributed by atoms with Gasteiger partial charge in [0.1, 0.15) is 5.82 Å². The van der Waals surface area contributed by atoms with E-state index in [9.17, 15) is 4.39 Å². The molecule has 0 amide bonds. The molecule has 2 aromatic carbocycles. The van der Waals surface area contributed by atoms with Gasteiger partial charge in [-0.1, -0.05) is 46.3 Å². The molecule has 4 nitrogen and oxygen atoms in total. The Morgan fingerprint density at radius 3 is 2.70 bits per heavy atom.